The van der Waals surface area contributed by atoms with Crippen molar-refractivity contribution in [3.63, 3.8) is 0 Å². The van der Waals surface area contributed by atoms with Gasteiger partial charge < -0.3 is 15.5 Å². The number of nitrogens with zero attached hydrogens (tertiary/aromatic N) is 3. The number of carbonyl (C=O) groups is 3. The lowest BCUT2D eigenvalue weighted by Gasteiger charge is -2.32. The minimum absolute atomic E-state index is 0. The number of anilines is 1. The highest BCUT2D eigenvalue weighted by molar-refractivity contribution is 6.01. The van der Waals surface area contributed by atoms with Gasteiger partial charge in [-0.25, -0.2) is 5.01 Å². The standard InChI is InChI=1S/C27H35N5O3.2ClH/c1-4-28-11-12-29-26(34)17-31(24-14-20-9-10-25(33)23(20)13-19(24)2)18-27(35)30(3)32-15-21-7-5-6-8-22(21)16-32;;/h5-8,13-14,28H,4,9-12,15-18H2,1-3H3,(H,29,34);2*1H. The molecule has 202 valence electrons. The number of ketones is 1. The van der Waals surface area contributed by atoms with Crippen LogP contribution in [0.1, 0.15) is 46.0 Å². The predicted octanol–water partition coefficient (Wildman–Crippen LogP) is 2.89. The summed E-state index contributed by atoms with van der Waals surface area (Å²) in [5, 5.41) is 9.82. The molecule has 0 unspecified atom stereocenters. The van der Waals surface area contributed by atoms with E-state index in [0.29, 0.717) is 39.0 Å². The van der Waals surface area contributed by atoms with Crippen molar-refractivity contribution >= 4 is 48.1 Å². The van der Waals surface area contributed by atoms with Gasteiger partial charge in [-0.2, -0.15) is 0 Å². The molecule has 0 spiro atoms. The zero-order valence-corrected chi connectivity index (χ0v) is 23.3. The van der Waals surface area contributed by atoms with E-state index in [1.807, 2.05) is 48.0 Å². The van der Waals surface area contributed by atoms with E-state index in [-0.39, 0.29) is 55.5 Å². The van der Waals surface area contributed by atoms with Gasteiger partial charge in [0.1, 0.15) is 0 Å². The van der Waals surface area contributed by atoms with Gasteiger partial charge in [0, 0.05) is 50.9 Å². The lowest BCUT2D eigenvalue weighted by Crippen LogP contribution is -2.48. The van der Waals surface area contributed by atoms with Gasteiger partial charge in [-0.15, -0.1) is 24.8 Å². The van der Waals surface area contributed by atoms with Crippen LogP contribution in [-0.4, -0.2) is 67.4 Å². The third-order valence-corrected chi connectivity index (χ3v) is 6.83. The molecule has 1 aliphatic carbocycles. The largest absolute Gasteiger partial charge is 0.353 e. The van der Waals surface area contributed by atoms with Crippen molar-refractivity contribution in [1.29, 1.82) is 0 Å². The molecule has 2 aromatic carbocycles. The van der Waals surface area contributed by atoms with Gasteiger partial charge in [0.15, 0.2) is 5.78 Å². The topological polar surface area (TPSA) is 85.0 Å². The number of aryl methyl sites for hydroxylation is 2. The normalized spacial score (nSPS) is 13.8. The van der Waals surface area contributed by atoms with Crippen LogP contribution in [0.4, 0.5) is 5.69 Å². The molecule has 2 N–H and O–H groups in total. The summed E-state index contributed by atoms with van der Waals surface area (Å²) in [4.78, 5) is 40.2. The molecule has 0 radical (unpaired) electrons. The Balaban J connectivity index is 0.00000241. The second kappa shape index (κ2) is 13.8. The Bertz CT molecular complexity index is 1100. The van der Waals surface area contributed by atoms with E-state index in [1.165, 1.54) is 11.1 Å². The highest BCUT2D eigenvalue weighted by Crippen LogP contribution is 2.31. The molecule has 0 saturated heterocycles. The van der Waals surface area contributed by atoms with Crippen LogP contribution in [0.2, 0.25) is 0 Å². The van der Waals surface area contributed by atoms with Crippen LogP contribution >= 0.6 is 24.8 Å². The van der Waals surface area contributed by atoms with E-state index in [9.17, 15) is 14.4 Å². The van der Waals surface area contributed by atoms with Gasteiger partial charge in [0.05, 0.1) is 13.1 Å². The maximum atomic E-state index is 13.4. The van der Waals surface area contributed by atoms with Crippen molar-refractivity contribution < 1.29 is 14.4 Å². The third-order valence-electron chi connectivity index (χ3n) is 6.83. The Labute approximate surface area is 231 Å². The average molecular weight is 551 g/mol. The van der Waals surface area contributed by atoms with Crippen LogP contribution in [0.25, 0.3) is 0 Å². The summed E-state index contributed by atoms with van der Waals surface area (Å²) in [6.07, 6.45) is 1.21. The molecule has 8 nitrogen and oxygen atoms in total. The van der Waals surface area contributed by atoms with Crippen molar-refractivity contribution in [3.05, 3.63) is 64.2 Å². The summed E-state index contributed by atoms with van der Waals surface area (Å²) in [5.41, 5.74) is 5.92. The number of benzene rings is 2. The number of carbonyl (C=O) groups excluding carboxylic acids is 3. The number of hydrazine groups is 1. The summed E-state index contributed by atoms with van der Waals surface area (Å²) in [6, 6.07) is 12.1. The molecule has 1 aliphatic heterocycles. The Morgan fingerprint density at radius 3 is 2.30 bits per heavy atom. The van der Waals surface area contributed by atoms with Gasteiger partial charge in [0.2, 0.25) is 5.91 Å². The number of amides is 2. The number of rotatable bonds is 10. The zero-order valence-electron chi connectivity index (χ0n) is 21.7. The zero-order chi connectivity index (χ0) is 24.9. The fourth-order valence-corrected chi connectivity index (χ4v) is 4.80. The number of halogens is 2. The van der Waals surface area contributed by atoms with Crippen molar-refractivity contribution in [2.75, 3.05) is 44.7 Å². The van der Waals surface area contributed by atoms with E-state index in [0.717, 1.165) is 28.9 Å². The highest BCUT2D eigenvalue weighted by Gasteiger charge is 2.28. The number of nitrogens with one attached hydrogen (secondary N) is 2. The fourth-order valence-electron chi connectivity index (χ4n) is 4.80. The van der Waals surface area contributed by atoms with Crippen molar-refractivity contribution in [2.45, 2.75) is 39.8 Å². The molecule has 0 fully saturated rings. The lowest BCUT2D eigenvalue weighted by atomic mass is 10.0. The molecule has 4 rings (SSSR count). The molecule has 0 aromatic heterocycles. The number of hydrogen-bond acceptors (Lipinski definition) is 6. The summed E-state index contributed by atoms with van der Waals surface area (Å²) in [7, 11) is 1.79. The third kappa shape index (κ3) is 7.23. The summed E-state index contributed by atoms with van der Waals surface area (Å²) >= 11 is 0. The van der Waals surface area contributed by atoms with Crippen molar-refractivity contribution in [1.82, 2.24) is 20.7 Å². The Kier molecular flexibility index (Phi) is 11.4. The fraction of sp³-hybridized carbons (Fsp3) is 0.444. The average Bonchev–Trinajstić information content (AvgIpc) is 3.44. The van der Waals surface area contributed by atoms with Gasteiger partial charge in [-0.05, 0) is 54.3 Å². The second-order valence-corrected chi connectivity index (χ2v) is 9.29. The van der Waals surface area contributed by atoms with Crippen LogP contribution < -0.4 is 15.5 Å². The van der Waals surface area contributed by atoms with Crippen LogP contribution in [0.5, 0.6) is 0 Å². The number of hydrogen-bond donors (Lipinski definition) is 2. The van der Waals surface area contributed by atoms with E-state index >= 15 is 0 Å². The molecule has 0 bridgehead atoms. The lowest BCUT2D eigenvalue weighted by molar-refractivity contribution is -0.145. The van der Waals surface area contributed by atoms with E-state index in [4.69, 9.17) is 0 Å². The smallest absolute Gasteiger partial charge is 0.256 e. The highest BCUT2D eigenvalue weighted by atomic mass is 35.5. The molecule has 2 aromatic rings. The first-order valence-electron chi connectivity index (χ1n) is 12.3. The number of fused-ring (bicyclic) bond motifs is 2. The van der Waals surface area contributed by atoms with E-state index in [2.05, 4.69) is 22.8 Å². The molecule has 0 saturated carbocycles. The molecule has 2 aliphatic rings. The van der Waals surface area contributed by atoms with Crippen LogP contribution in [0.15, 0.2) is 36.4 Å². The first kappa shape index (κ1) is 30.6. The van der Waals surface area contributed by atoms with Gasteiger partial charge in [-0.1, -0.05) is 31.2 Å². The van der Waals surface area contributed by atoms with E-state index < -0.39 is 0 Å². The first-order valence-corrected chi connectivity index (χ1v) is 12.3. The minimum atomic E-state index is -0.136. The number of likely N-dealkylation sites (N-methyl/N-ethyl adjacent to an activating group) is 2. The first-order chi connectivity index (χ1) is 16.9. The van der Waals surface area contributed by atoms with Crippen LogP contribution in [0, 0.1) is 6.92 Å². The Hall–Kier alpha value is -2.65. The molecule has 0 atom stereocenters. The summed E-state index contributed by atoms with van der Waals surface area (Å²) in [5.74, 6) is -0.0658. The van der Waals surface area contributed by atoms with Crippen molar-refractivity contribution in [3.8, 4) is 0 Å². The monoisotopic (exact) mass is 549 g/mol. The minimum Gasteiger partial charge on any atom is -0.353 e. The Morgan fingerprint density at radius 1 is 0.973 bits per heavy atom. The predicted molar refractivity (Wildman–Crippen MR) is 151 cm³/mol. The maximum absolute atomic E-state index is 13.4. The molecular weight excluding hydrogens is 513 g/mol. The molecule has 10 heteroatoms. The number of Topliss-reactive ketones (excluding diaryl/α,β-unsaturated/α-hetero) is 1. The van der Waals surface area contributed by atoms with Gasteiger partial charge >= 0.3 is 0 Å². The quantitative estimate of drug-likeness (QED) is 0.443. The molecule has 37 heavy (non-hydrogen) atoms. The Morgan fingerprint density at radius 2 is 1.65 bits per heavy atom. The van der Waals surface area contributed by atoms with Gasteiger partial charge in [0.25, 0.3) is 5.91 Å². The van der Waals surface area contributed by atoms with Crippen molar-refractivity contribution in [2.24, 2.45) is 0 Å². The van der Waals surface area contributed by atoms with Crippen LogP contribution in [-0.2, 0) is 29.1 Å². The SMILES string of the molecule is CCNCCNC(=O)CN(CC(=O)N(C)N1Cc2ccccc2C1)c1cc2c(cc1C)C(=O)CC2.Cl.Cl. The van der Waals surface area contributed by atoms with E-state index in [1.54, 1.807) is 12.1 Å². The molecular formula is C27H37Cl2N5O3. The second-order valence-electron chi connectivity index (χ2n) is 9.29. The summed E-state index contributed by atoms with van der Waals surface area (Å²) in [6.45, 7) is 7.52. The molecule has 2 amide bonds. The molecule has 1 heterocycles. The maximum Gasteiger partial charge on any atom is 0.256 e. The van der Waals surface area contributed by atoms with Gasteiger partial charge in [-0.3, -0.25) is 19.4 Å². The summed E-state index contributed by atoms with van der Waals surface area (Å²) < 4.78 is 0. The van der Waals surface area contributed by atoms with Crippen LogP contribution in [0.3, 0.4) is 0 Å².